The van der Waals surface area contributed by atoms with Gasteiger partial charge in [0.2, 0.25) is 5.91 Å². The lowest BCUT2D eigenvalue weighted by atomic mass is 9.95. The maximum absolute atomic E-state index is 12.7. The van der Waals surface area contributed by atoms with Crippen LogP contribution in [0.3, 0.4) is 0 Å². The average Bonchev–Trinajstić information content (AvgIpc) is 3.13. The van der Waals surface area contributed by atoms with Crippen LogP contribution in [0.2, 0.25) is 5.02 Å². The normalized spacial score (nSPS) is 16.4. The molecule has 2 N–H and O–H groups in total. The van der Waals surface area contributed by atoms with Gasteiger partial charge in [0.1, 0.15) is 0 Å². The topological polar surface area (TPSA) is 61.4 Å². The van der Waals surface area contributed by atoms with Crippen molar-refractivity contribution in [2.24, 2.45) is 0 Å². The van der Waals surface area contributed by atoms with E-state index >= 15 is 0 Å². The molecule has 1 fully saturated rings. The molecule has 0 bridgehead atoms. The fraction of sp³-hybridized carbons (Fsp3) is 0.391. The number of rotatable bonds is 5. The maximum atomic E-state index is 12.7. The van der Waals surface area contributed by atoms with Gasteiger partial charge in [0, 0.05) is 24.0 Å². The Morgan fingerprint density at radius 1 is 1.07 bits per heavy atom. The molecule has 2 aliphatic rings. The summed E-state index contributed by atoms with van der Waals surface area (Å²) in [7, 11) is 0. The Labute approximate surface area is 176 Å². The van der Waals surface area contributed by atoms with E-state index in [1.165, 1.54) is 12.0 Å². The highest BCUT2D eigenvalue weighted by Gasteiger charge is 2.22. The zero-order valence-electron chi connectivity index (χ0n) is 16.4. The first-order chi connectivity index (χ1) is 14.1. The van der Waals surface area contributed by atoms with Gasteiger partial charge in [0.25, 0.3) is 5.91 Å². The van der Waals surface area contributed by atoms with Gasteiger partial charge in [0.15, 0.2) is 0 Å². The van der Waals surface area contributed by atoms with E-state index in [-0.39, 0.29) is 24.4 Å². The van der Waals surface area contributed by atoms with E-state index < -0.39 is 0 Å². The predicted octanol–water partition coefficient (Wildman–Crippen LogP) is 4.40. The molecule has 2 aromatic carbocycles. The number of hydrogen-bond acceptors (Lipinski definition) is 3. The van der Waals surface area contributed by atoms with Crippen LogP contribution in [0.4, 0.5) is 11.4 Å². The van der Waals surface area contributed by atoms with Gasteiger partial charge in [-0.25, -0.2) is 0 Å². The Morgan fingerprint density at radius 3 is 2.69 bits per heavy atom. The van der Waals surface area contributed by atoms with E-state index in [1.807, 2.05) is 18.2 Å². The summed E-state index contributed by atoms with van der Waals surface area (Å²) in [5, 5.41) is 6.38. The number of carbonyl (C=O) groups excluding carboxylic acids is 2. The van der Waals surface area contributed by atoms with Crippen molar-refractivity contribution < 1.29 is 9.59 Å². The molecular formula is C23H26ClN3O2. The standard InChI is InChI=1S/C23H26ClN3O2/c24-20-11-10-18(14-19(20)23(29)26-17-7-2-1-3-8-17)25-22(28)15-27-13-12-16-6-4-5-9-21(16)27/h4-6,9-11,14,17H,1-3,7-8,12-13,15H2,(H,25,28)(H,26,29). The highest BCUT2D eigenvalue weighted by molar-refractivity contribution is 6.34. The minimum atomic E-state index is -0.175. The van der Waals surface area contributed by atoms with Crippen molar-refractivity contribution in [2.75, 3.05) is 23.3 Å². The molecular weight excluding hydrogens is 386 g/mol. The number of nitrogens with one attached hydrogen (secondary N) is 2. The van der Waals surface area contributed by atoms with E-state index in [0.717, 1.165) is 44.3 Å². The largest absolute Gasteiger partial charge is 0.362 e. The van der Waals surface area contributed by atoms with E-state index in [1.54, 1.807) is 18.2 Å². The SMILES string of the molecule is O=C(CN1CCc2ccccc21)Nc1ccc(Cl)c(C(=O)NC2CCCCC2)c1. The maximum Gasteiger partial charge on any atom is 0.253 e. The second kappa shape index (κ2) is 8.87. The Hall–Kier alpha value is -2.53. The zero-order chi connectivity index (χ0) is 20.2. The zero-order valence-corrected chi connectivity index (χ0v) is 17.2. The number of fused-ring (bicyclic) bond motifs is 1. The molecule has 0 atom stereocenters. The van der Waals surface area contributed by atoms with E-state index in [2.05, 4.69) is 21.6 Å². The lowest BCUT2D eigenvalue weighted by Gasteiger charge is -2.23. The average molecular weight is 412 g/mol. The van der Waals surface area contributed by atoms with Crippen molar-refractivity contribution in [1.82, 2.24) is 5.32 Å². The minimum absolute atomic E-state index is 0.109. The monoisotopic (exact) mass is 411 g/mol. The smallest absolute Gasteiger partial charge is 0.253 e. The number of hydrogen-bond donors (Lipinski definition) is 2. The van der Waals surface area contributed by atoms with Crippen LogP contribution in [-0.4, -0.2) is 30.9 Å². The molecule has 6 heteroatoms. The van der Waals surface area contributed by atoms with Crippen LogP contribution in [0.5, 0.6) is 0 Å². The number of para-hydroxylation sites is 1. The molecule has 2 amide bonds. The van der Waals surface area contributed by atoms with Crippen LogP contribution in [0.15, 0.2) is 42.5 Å². The van der Waals surface area contributed by atoms with Crippen molar-refractivity contribution in [3.63, 3.8) is 0 Å². The first-order valence-corrected chi connectivity index (χ1v) is 10.7. The molecule has 2 aromatic rings. The van der Waals surface area contributed by atoms with Crippen molar-refractivity contribution in [3.05, 3.63) is 58.6 Å². The summed E-state index contributed by atoms with van der Waals surface area (Å²) in [6, 6.07) is 13.4. The molecule has 1 aliphatic heterocycles. The minimum Gasteiger partial charge on any atom is -0.362 e. The molecule has 5 nitrogen and oxygen atoms in total. The fourth-order valence-corrected chi connectivity index (χ4v) is 4.44. The number of nitrogens with zero attached hydrogens (tertiary/aromatic N) is 1. The van der Waals surface area contributed by atoms with Crippen LogP contribution in [0, 0.1) is 0 Å². The predicted molar refractivity (Wildman–Crippen MR) is 117 cm³/mol. The third-order valence-electron chi connectivity index (χ3n) is 5.75. The fourth-order valence-electron chi connectivity index (χ4n) is 4.23. The number of halogens is 1. The molecule has 4 rings (SSSR count). The number of benzene rings is 2. The van der Waals surface area contributed by atoms with Crippen LogP contribution in [0.1, 0.15) is 48.0 Å². The van der Waals surface area contributed by atoms with E-state index in [4.69, 9.17) is 11.6 Å². The van der Waals surface area contributed by atoms with Gasteiger partial charge in [-0.3, -0.25) is 9.59 Å². The van der Waals surface area contributed by atoms with Crippen LogP contribution >= 0.6 is 11.6 Å². The second-order valence-electron chi connectivity index (χ2n) is 7.85. The molecule has 29 heavy (non-hydrogen) atoms. The summed E-state index contributed by atoms with van der Waals surface area (Å²) in [5.74, 6) is -0.283. The van der Waals surface area contributed by atoms with E-state index in [0.29, 0.717) is 16.3 Å². The summed E-state index contributed by atoms with van der Waals surface area (Å²) >= 11 is 6.26. The molecule has 1 aliphatic carbocycles. The Kier molecular flexibility index (Phi) is 6.05. The van der Waals surface area contributed by atoms with Gasteiger partial charge < -0.3 is 15.5 Å². The molecule has 1 heterocycles. The van der Waals surface area contributed by atoms with Gasteiger partial charge in [-0.1, -0.05) is 49.1 Å². The lowest BCUT2D eigenvalue weighted by molar-refractivity contribution is -0.115. The first-order valence-electron chi connectivity index (χ1n) is 10.3. The first kappa shape index (κ1) is 19.8. The highest BCUT2D eigenvalue weighted by atomic mass is 35.5. The third kappa shape index (κ3) is 4.73. The molecule has 0 aromatic heterocycles. The Morgan fingerprint density at radius 2 is 1.86 bits per heavy atom. The van der Waals surface area contributed by atoms with Gasteiger partial charge in [-0.05, 0) is 49.1 Å². The van der Waals surface area contributed by atoms with Crippen molar-refractivity contribution in [2.45, 2.75) is 44.6 Å². The van der Waals surface area contributed by atoms with Gasteiger partial charge in [0.05, 0.1) is 17.1 Å². The summed E-state index contributed by atoms with van der Waals surface area (Å²) in [6.07, 6.45) is 6.50. The van der Waals surface area contributed by atoms with Gasteiger partial charge in [-0.2, -0.15) is 0 Å². The summed E-state index contributed by atoms with van der Waals surface area (Å²) in [5.41, 5.74) is 3.38. The highest BCUT2D eigenvalue weighted by Crippen LogP contribution is 2.27. The lowest BCUT2D eigenvalue weighted by Crippen LogP contribution is -2.36. The van der Waals surface area contributed by atoms with E-state index in [9.17, 15) is 9.59 Å². The van der Waals surface area contributed by atoms with Crippen LogP contribution in [0.25, 0.3) is 0 Å². The molecule has 152 valence electrons. The summed E-state index contributed by atoms with van der Waals surface area (Å²) in [6.45, 7) is 1.12. The van der Waals surface area contributed by atoms with Crippen molar-refractivity contribution in [1.29, 1.82) is 0 Å². The Balaban J connectivity index is 1.39. The van der Waals surface area contributed by atoms with Crippen LogP contribution < -0.4 is 15.5 Å². The summed E-state index contributed by atoms with van der Waals surface area (Å²) in [4.78, 5) is 27.3. The molecule has 0 spiro atoms. The molecule has 1 saturated carbocycles. The quantitative estimate of drug-likeness (QED) is 0.766. The van der Waals surface area contributed by atoms with Crippen molar-refractivity contribution >= 4 is 34.8 Å². The number of carbonyl (C=O) groups is 2. The second-order valence-corrected chi connectivity index (χ2v) is 8.26. The van der Waals surface area contributed by atoms with Crippen LogP contribution in [-0.2, 0) is 11.2 Å². The third-order valence-corrected chi connectivity index (χ3v) is 6.08. The Bertz CT molecular complexity index is 909. The molecule has 0 radical (unpaired) electrons. The summed E-state index contributed by atoms with van der Waals surface area (Å²) < 4.78 is 0. The molecule has 0 unspecified atom stereocenters. The van der Waals surface area contributed by atoms with Gasteiger partial charge >= 0.3 is 0 Å². The molecule has 0 saturated heterocycles. The number of amides is 2. The van der Waals surface area contributed by atoms with Crippen molar-refractivity contribution in [3.8, 4) is 0 Å². The number of anilines is 2. The van der Waals surface area contributed by atoms with Gasteiger partial charge in [-0.15, -0.1) is 0 Å².